The second-order valence-electron chi connectivity index (χ2n) is 9.04. The number of rotatable bonds is 12. The fourth-order valence-electron chi connectivity index (χ4n) is 4.22. The van der Waals surface area contributed by atoms with Crippen LogP contribution in [-0.4, -0.2) is 48.3 Å². The van der Waals surface area contributed by atoms with Crippen molar-refractivity contribution in [1.29, 1.82) is 0 Å². The van der Waals surface area contributed by atoms with Crippen molar-refractivity contribution in [3.05, 3.63) is 99.8 Å². The van der Waals surface area contributed by atoms with E-state index in [4.69, 9.17) is 19.6 Å². The summed E-state index contributed by atoms with van der Waals surface area (Å²) in [4.78, 5) is 18.5. The zero-order valence-corrected chi connectivity index (χ0v) is 22.7. The SMILES string of the molecule is C[C@@H]1OC(c2ccc(OCCCO)cc2)=N[C@]1(Cc1ccccc1Br)C(=O)NNCCc1ccccc1F. The third-order valence-corrected chi connectivity index (χ3v) is 7.20. The molecule has 0 saturated carbocycles. The predicted molar refractivity (Wildman–Crippen MR) is 148 cm³/mol. The monoisotopic (exact) mass is 583 g/mol. The number of halogens is 2. The topological polar surface area (TPSA) is 92.2 Å². The minimum atomic E-state index is -1.24. The number of nitrogens with zero attached hydrogens (tertiary/aromatic N) is 1. The highest BCUT2D eigenvalue weighted by Crippen LogP contribution is 2.34. The number of hydrogen-bond donors (Lipinski definition) is 3. The summed E-state index contributed by atoms with van der Waals surface area (Å²) in [5, 5.41) is 8.94. The maximum atomic E-state index is 13.9. The van der Waals surface area contributed by atoms with Gasteiger partial charge in [-0.25, -0.2) is 14.8 Å². The van der Waals surface area contributed by atoms with Gasteiger partial charge in [-0.05, 0) is 60.9 Å². The highest BCUT2D eigenvalue weighted by molar-refractivity contribution is 9.10. The van der Waals surface area contributed by atoms with Crippen molar-refractivity contribution >= 4 is 27.7 Å². The van der Waals surface area contributed by atoms with Crippen LogP contribution in [0.1, 0.15) is 30.0 Å². The average molecular weight is 584 g/mol. The third-order valence-electron chi connectivity index (χ3n) is 6.42. The quantitative estimate of drug-likeness (QED) is 0.218. The van der Waals surface area contributed by atoms with Gasteiger partial charge in [-0.3, -0.25) is 10.2 Å². The molecule has 4 rings (SSSR count). The standard InChI is InChI=1S/C29H31BrFN3O4/c1-20-29(19-23-8-2-4-9-25(23)30,28(36)34-32-16-15-21-7-3-5-10-26(21)31)33-27(38-20)22-11-13-24(14-12-22)37-18-6-17-35/h2-5,7-14,20,32,35H,6,15-19H2,1H3,(H,34,36)/t20-,29-/m0/s1. The first-order chi connectivity index (χ1) is 18.4. The Morgan fingerprint density at radius 2 is 1.82 bits per heavy atom. The summed E-state index contributed by atoms with van der Waals surface area (Å²) in [6.45, 7) is 2.67. The fraction of sp³-hybridized carbons (Fsp3) is 0.310. The molecule has 7 nitrogen and oxygen atoms in total. The van der Waals surface area contributed by atoms with Crippen molar-refractivity contribution in [3.63, 3.8) is 0 Å². The van der Waals surface area contributed by atoms with Gasteiger partial charge in [0.1, 0.15) is 17.7 Å². The Bertz CT molecular complexity index is 1270. The number of benzene rings is 3. The Hall–Kier alpha value is -3.27. The van der Waals surface area contributed by atoms with Crippen LogP contribution in [0.15, 0.2) is 82.3 Å². The number of aliphatic imine (C=N–C) groups is 1. The van der Waals surface area contributed by atoms with Gasteiger partial charge in [0, 0.05) is 36.0 Å². The lowest BCUT2D eigenvalue weighted by atomic mass is 9.86. The number of amides is 1. The van der Waals surface area contributed by atoms with E-state index < -0.39 is 11.6 Å². The first kappa shape index (κ1) is 27.8. The summed E-state index contributed by atoms with van der Waals surface area (Å²) >= 11 is 3.59. The summed E-state index contributed by atoms with van der Waals surface area (Å²) in [7, 11) is 0. The molecule has 3 aromatic carbocycles. The van der Waals surface area contributed by atoms with Gasteiger partial charge in [0.2, 0.25) is 5.90 Å². The highest BCUT2D eigenvalue weighted by Gasteiger charge is 2.50. The molecule has 1 aliphatic heterocycles. The van der Waals surface area contributed by atoms with Gasteiger partial charge in [-0.1, -0.05) is 52.3 Å². The summed E-state index contributed by atoms with van der Waals surface area (Å²) in [6, 6.07) is 21.6. The van der Waals surface area contributed by atoms with Crippen LogP contribution >= 0.6 is 15.9 Å². The lowest BCUT2D eigenvalue weighted by molar-refractivity contribution is -0.129. The van der Waals surface area contributed by atoms with E-state index in [9.17, 15) is 9.18 Å². The van der Waals surface area contributed by atoms with E-state index in [0.717, 1.165) is 15.6 Å². The van der Waals surface area contributed by atoms with E-state index in [2.05, 4.69) is 26.8 Å². The van der Waals surface area contributed by atoms with Crippen LogP contribution in [0.2, 0.25) is 0 Å². The summed E-state index contributed by atoms with van der Waals surface area (Å²) in [5.74, 6) is 0.425. The molecule has 0 spiro atoms. The molecule has 9 heteroatoms. The van der Waals surface area contributed by atoms with Crippen LogP contribution in [0.25, 0.3) is 0 Å². The predicted octanol–water partition coefficient (Wildman–Crippen LogP) is 4.36. The van der Waals surface area contributed by atoms with E-state index in [0.29, 0.717) is 49.6 Å². The van der Waals surface area contributed by atoms with Crippen molar-refractivity contribution in [2.45, 2.75) is 37.8 Å². The van der Waals surface area contributed by atoms with Crippen molar-refractivity contribution in [1.82, 2.24) is 10.9 Å². The lowest BCUT2D eigenvalue weighted by Gasteiger charge is -2.28. The molecular formula is C29H31BrFN3O4. The number of aliphatic hydroxyl groups is 1. The van der Waals surface area contributed by atoms with E-state index in [1.165, 1.54) is 6.07 Å². The maximum Gasteiger partial charge on any atom is 0.266 e. The molecule has 2 atom stereocenters. The Balaban J connectivity index is 1.53. The Labute approximate surface area is 230 Å². The molecule has 0 unspecified atom stereocenters. The minimum Gasteiger partial charge on any atom is -0.494 e. The van der Waals surface area contributed by atoms with Crippen LogP contribution < -0.4 is 15.6 Å². The van der Waals surface area contributed by atoms with Gasteiger partial charge in [0.05, 0.1) is 6.61 Å². The third kappa shape index (κ3) is 6.59. The zero-order chi connectivity index (χ0) is 27.0. The molecule has 38 heavy (non-hydrogen) atoms. The number of hydrazine groups is 1. The molecule has 200 valence electrons. The van der Waals surface area contributed by atoms with E-state index in [1.807, 2.05) is 43.3 Å². The normalized spacial score (nSPS) is 18.5. The molecule has 0 fully saturated rings. The number of nitrogens with one attached hydrogen (secondary N) is 2. The lowest BCUT2D eigenvalue weighted by Crippen LogP contribution is -2.56. The Morgan fingerprint density at radius 1 is 1.11 bits per heavy atom. The second kappa shape index (κ2) is 13.0. The summed E-state index contributed by atoms with van der Waals surface area (Å²) in [6.07, 6.45) is 0.717. The molecule has 0 saturated heterocycles. The Kier molecular flexibility index (Phi) is 9.49. The minimum absolute atomic E-state index is 0.0697. The van der Waals surface area contributed by atoms with Crippen molar-refractivity contribution < 1.29 is 23.8 Å². The van der Waals surface area contributed by atoms with Gasteiger partial charge in [0.25, 0.3) is 5.91 Å². The Morgan fingerprint density at radius 3 is 2.53 bits per heavy atom. The smallest absolute Gasteiger partial charge is 0.266 e. The molecule has 1 amide bonds. The van der Waals surface area contributed by atoms with Crippen molar-refractivity contribution in [2.75, 3.05) is 19.8 Å². The van der Waals surface area contributed by atoms with Crippen LogP contribution in [0, 0.1) is 5.82 Å². The van der Waals surface area contributed by atoms with E-state index in [-0.39, 0.29) is 18.3 Å². The molecule has 0 aromatic heterocycles. The van der Waals surface area contributed by atoms with Crippen molar-refractivity contribution in [3.8, 4) is 5.75 Å². The molecule has 0 radical (unpaired) electrons. The summed E-state index contributed by atoms with van der Waals surface area (Å²) < 4.78 is 26.6. The maximum absolute atomic E-state index is 13.9. The molecular weight excluding hydrogens is 553 g/mol. The molecule has 0 bridgehead atoms. The van der Waals surface area contributed by atoms with Gasteiger partial charge >= 0.3 is 0 Å². The largest absolute Gasteiger partial charge is 0.494 e. The van der Waals surface area contributed by atoms with Gasteiger partial charge in [-0.15, -0.1) is 0 Å². The first-order valence-electron chi connectivity index (χ1n) is 12.5. The van der Waals surface area contributed by atoms with E-state index >= 15 is 0 Å². The van der Waals surface area contributed by atoms with Crippen LogP contribution in [0.5, 0.6) is 5.75 Å². The number of aliphatic hydroxyl groups excluding tert-OH is 1. The molecule has 1 heterocycles. The second-order valence-corrected chi connectivity index (χ2v) is 9.90. The number of carbonyl (C=O) groups is 1. The molecule has 0 aliphatic carbocycles. The molecule has 3 aromatic rings. The highest BCUT2D eigenvalue weighted by atomic mass is 79.9. The first-order valence-corrected chi connectivity index (χ1v) is 13.3. The number of ether oxygens (including phenoxy) is 2. The molecule has 1 aliphatic rings. The van der Waals surface area contributed by atoms with E-state index in [1.54, 1.807) is 30.3 Å². The number of hydrogen-bond acceptors (Lipinski definition) is 6. The van der Waals surface area contributed by atoms with Gasteiger partial charge < -0.3 is 14.6 Å². The van der Waals surface area contributed by atoms with Gasteiger partial charge in [0.15, 0.2) is 5.54 Å². The zero-order valence-electron chi connectivity index (χ0n) is 21.1. The molecule has 3 N–H and O–H groups in total. The van der Waals surface area contributed by atoms with Gasteiger partial charge in [-0.2, -0.15) is 0 Å². The average Bonchev–Trinajstić information content (AvgIpc) is 3.26. The van der Waals surface area contributed by atoms with Crippen LogP contribution in [0.3, 0.4) is 0 Å². The van der Waals surface area contributed by atoms with Crippen LogP contribution in [-0.2, 0) is 22.4 Å². The van der Waals surface area contributed by atoms with Crippen LogP contribution in [0.4, 0.5) is 4.39 Å². The summed E-state index contributed by atoms with van der Waals surface area (Å²) in [5.41, 5.74) is 6.69. The number of carbonyl (C=O) groups excluding carboxylic acids is 1. The van der Waals surface area contributed by atoms with Crippen molar-refractivity contribution in [2.24, 2.45) is 4.99 Å². The fourth-order valence-corrected chi connectivity index (χ4v) is 4.65.